The van der Waals surface area contributed by atoms with Crippen LogP contribution in [0.5, 0.6) is 0 Å². The zero-order chi connectivity index (χ0) is 14.7. The molecule has 0 saturated carbocycles. The first-order chi connectivity index (χ1) is 8.62. The number of amides is 1. The van der Waals surface area contributed by atoms with E-state index in [1.165, 1.54) is 12.1 Å². The Labute approximate surface area is 115 Å². The van der Waals surface area contributed by atoms with Crippen LogP contribution in [0.4, 0.5) is 0 Å². The van der Waals surface area contributed by atoms with Gasteiger partial charge in [-0.25, -0.2) is 3.63 Å². The Bertz CT molecular complexity index is 550. The van der Waals surface area contributed by atoms with E-state index in [1.807, 2.05) is 6.92 Å². The summed E-state index contributed by atoms with van der Waals surface area (Å²) in [5, 5.41) is 0. The Morgan fingerprint density at radius 1 is 1.21 bits per heavy atom. The van der Waals surface area contributed by atoms with Gasteiger partial charge in [-0.2, -0.15) is 8.42 Å². The van der Waals surface area contributed by atoms with Gasteiger partial charge in [-0.1, -0.05) is 17.7 Å². The van der Waals surface area contributed by atoms with Crippen LogP contribution in [-0.2, 0) is 18.5 Å². The molecule has 0 fully saturated rings. The summed E-state index contributed by atoms with van der Waals surface area (Å²) in [6.07, 6.45) is 3.51. The van der Waals surface area contributed by atoms with Crippen molar-refractivity contribution in [3.63, 3.8) is 0 Å². The highest BCUT2D eigenvalue weighted by Gasteiger charge is 2.24. The van der Waals surface area contributed by atoms with E-state index in [0.29, 0.717) is 5.75 Å². The number of carbonyl (C=O) groups excluding carboxylic acids is 1. The quantitative estimate of drug-likeness (QED) is 0.864. The highest BCUT2D eigenvalue weighted by Crippen LogP contribution is 2.44. The Hall–Kier alpha value is -1.05. The zero-order valence-electron chi connectivity index (χ0n) is 11.3. The summed E-state index contributed by atoms with van der Waals surface area (Å²) in [5.41, 5.74) is 6.03. The minimum atomic E-state index is -3.80. The molecule has 0 heterocycles. The first kappa shape index (κ1) is 16.0. The minimum Gasteiger partial charge on any atom is -0.370 e. The van der Waals surface area contributed by atoms with Gasteiger partial charge < -0.3 is 5.73 Å². The molecule has 7 heteroatoms. The molecular weight excluding hydrogens is 286 g/mol. The average molecular weight is 305 g/mol. The number of nitrogens with two attached hydrogens (primary N) is 1. The smallest absolute Gasteiger partial charge is 0.306 e. The van der Waals surface area contributed by atoms with Gasteiger partial charge in [0.15, 0.2) is 0 Å². The van der Waals surface area contributed by atoms with Gasteiger partial charge in [0.25, 0.3) is 0 Å². The van der Waals surface area contributed by atoms with E-state index in [-0.39, 0.29) is 11.3 Å². The fourth-order valence-electron chi connectivity index (χ4n) is 1.37. The zero-order valence-corrected chi connectivity index (χ0v) is 12.9. The molecule has 0 unspecified atom stereocenters. The number of carbonyl (C=O) groups is 1. The third kappa shape index (κ3) is 5.22. The van der Waals surface area contributed by atoms with Gasteiger partial charge >= 0.3 is 10.1 Å². The van der Waals surface area contributed by atoms with Gasteiger partial charge in [0.05, 0.1) is 4.90 Å². The molecule has 0 aliphatic carbocycles. The SMILES string of the molecule is Cc1ccc(S(=O)(=O)OS(C)(C)CCC(N)=O)cc1. The maximum Gasteiger partial charge on any atom is 0.306 e. The van der Waals surface area contributed by atoms with Crippen LogP contribution in [0.2, 0.25) is 0 Å². The highest BCUT2D eigenvalue weighted by molar-refractivity contribution is 8.32. The van der Waals surface area contributed by atoms with E-state index >= 15 is 0 Å². The van der Waals surface area contributed by atoms with Gasteiger partial charge in [0, 0.05) is 12.2 Å². The van der Waals surface area contributed by atoms with E-state index in [9.17, 15) is 13.2 Å². The number of primary amides is 1. The van der Waals surface area contributed by atoms with Gasteiger partial charge in [-0.15, -0.1) is 10.3 Å². The molecule has 1 aromatic rings. The van der Waals surface area contributed by atoms with Crippen LogP contribution in [0, 0.1) is 6.92 Å². The number of rotatable bonds is 6. The lowest BCUT2D eigenvalue weighted by Gasteiger charge is -2.29. The Kier molecular flexibility index (Phi) is 5.00. The number of aryl methyl sites for hydroxylation is 1. The summed E-state index contributed by atoms with van der Waals surface area (Å²) in [7, 11) is -5.68. The van der Waals surface area contributed by atoms with Crippen LogP contribution in [0.25, 0.3) is 0 Å². The van der Waals surface area contributed by atoms with Crippen molar-refractivity contribution in [2.45, 2.75) is 18.2 Å². The van der Waals surface area contributed by atoms with Crippen LogP contribution < -0.4 is 5.73 Å². The third-order valence-electron chi connectivity index (χ3n) is 2.42. The standard InChI is InChI=1S/C12H19NO4S2/c1-10-4-6-11(7-5-10)19(15,16)17-18(2,3)9-8-12(13)14/h4-7H,8-9H2,1-3H3,(H2,13,14). The van der Waals surface area contributed by atoms with Gasteiger partial charge in [-0.3, -0.25) is 4.79 Å². The molecule has 0 aliphatic rings. The van der Waals surface area contributed by atoms with Crippen LogP contribution in [0.3, 0.4) is 0 Å². The third-order valence-corrected chi connectivity index (χ3v) is 6.65. The number of hydrogen-bond acceptors (Lipinski definition) is 4. The Morgan fingerprint density at radius 3 is 2.21 bits per heavy atom. The number of hydrogen-bond donors (Lipinski definition) is 1. The van der Waals surface area contributed by atoms with Crippen LogP contribution in [-0.4, -0.2) is 32.6 Å². The normalized spacial score (nSPS) is 13.2. The fourth-order valence-corrected chi connectivity index (χ4v) is 5.06. The molecule has 0 radical (unpaired) electrons. The molecule has 0 saturated heterocycles. The van der Waals surface area contributed by atoms with Crippen molar-refractivity contribution in [1.29, 1.82) is 0 Å². The molecule has 0 aliphatic heterocycles. The van der Waals surface area contributed by atoms with Gasteiger partial charge in [-0.05, 0) is 31.6 Å². The lowest BCUT2D eigenvalue weighted by molar-refractivity contribution is -0.117. The first-order valence-electron chi connectivity index (χ1n) is 5.64. The van der Waals surface area contributed by atoms with E-state index in [4.69, 9.17) is 9.36 Å². The molecule has 19 heavy (non-hydrogen) atoms. The van der Waals surface area contributed by atoms with Crippen molar-refractivity contribution in [2.24, 2.45) is 5.73 Å². The molecular formula is C12H19NO4S2. The van der Waals surface area contributed by atoms with Crippen LogP contribution in [0.1, 0.15) is 12.0 Å². The molecule has 108 valence electrons. The van der Waals surface area contributed by atoms with Crippen LogP contribution in [0.15, 0.2) is 29.2 Å². The van der Waals surface area contributed by atoms with E-state index < -0.39 is 26.3 Å². The monoisotopic (exact) mass is 305 g/mol. The Balaban J connectivity index is 2.84. The molecule has 5 nitrogen and oxygen atoms in total. The summed E-state index contributed by atoms with van der Waals surface area (Å²) < 4.78 is 29.4. The van der Waals surface area contributed by atoms with Crippen molar-refractivity contribution < 1.29 is 16.8 Å². The first-order valence-corrected chi connectivity index (χ1v) is 9.60. The highest BCUT2D eigenvalue weighted by atomic mass is 32.3. The summed E-state index contributed by atoms with van der Waals surface area (Å²) >= 11 is 0. The lowest BCUT2D eigenvalue weighted by Crippen LogP contribution is -2.18. The number of benzene rings is 1. The van der Waals surface area contributed by atoms with Crippen molar-refractivity contribution >= 4 is 26.3 Å². The van der Waals surface area contributed by atoms with Crippen molar-refractivity contribution in [1.82, 2.24) is 0 Å². The molecule has 0 bridgehead atoms. The van der Waals surface area contributed by atoms with Crippen molar-refractivity contribution in [3.8, 4) is 0 Å². The summed E-state index contributed by atoms with van der Waals surface area (Å²) in [6.45, 7) is 1.87. The molecule has 2 N–H and O–H groups in total. The second-order valence-corrected chi connectivity index (χ2v) is 9.90. The molecule has 1 amide bonds. The van der Waals surface area contributed by atoms with Gasteiger partial charge in [0.2, 0.25) is 5.91 Å². The molecule has 0 spiro atoms. The maximum atomic E-state index is 12.1. The average Bonchev–Trinajstić information content (AvgIpc) is 2.26. The summed E-state index contributed by atoms with van der Waals surface area (Å²) in [5.74, 6) is -0.134. The molecule has 1 aromatic carbocycles. The largest absolute Gasteiger partial charge is 0.370 e. The summed E-state index contributed by atoms with van der Waals surface area (Å²) in [6, 6.07) is 6.44. The molecule has 1 rings (SSSR count). The lowest BCUT2D eigenvalue weighted by atomic mass is 10.2. The topological polar surface area (TPSA) is 86.5 Å². The Morgan fingerprint density at radius 2 is 1.74 bits per heavy atom. The van der Waals surface area contributed by atoms with Crippen molar-refractivity contribution in [2.75, 3.05) is 18.3 Å². The van der Waals surface area contributed by atoms with Crippen LogP contribution >= 0.6 is 10.3 Å². The summed E-state index contributed by atoms with van der Waals surface area (Å²) in [4.78, 5) is 10.9. The second-order valence-electron chi connectivity index (χ2n) is 4.69. The van der Waals surface area contributed by atoms with E-state index in [1.54, 1.807) is 24.6 Å². The fraction of sp³-hybridized carbons (Fsp3) is 0.417. The predicted molar refractivity (Wildman–Crippen MR) is 77.6 cm³/mol. The predicted octanol–water partition coefficient (Wildman–Crippen LogP) is 1.55. The van der Waals surface area contributed by atoms with Crippen molar-refractivity contribution in [3.05, 3.63) is 29.8 Å². The minimum absolute atomic E-state index is 0.117. The molecule has 0 atom stereocenters. The maximum absolute atomic E-state index is 12.1. The second kappa shape index (κ2) is 5.94. The molecule has 0 aromatic heterocycles. The van der Waals surface area contributed by atoms with E-state index in [2.05, 4.69) is 0 Å². The van der Waals surface area contributed by atoms with Gasteiger partial charge in [0.1, 0.15) is 0 Å². The van der Waals surface area contributed by atoms with E-state index in [0.717, 1.165) is 5.56 Å².